The molecule has 1 unspecified atom stereocenters. The van der Waals surface area contributed by atoms with Crippen molar-refractivity contribution in [1.82, 2.24) is 10.2 Å². The van der Waals surface area contributed by atoms with Gasteiger partial charge in [-0.1, -0.05) is 6.92 Å². The molecular formula is C11H23ClN2O2. The number of halogens is 1. The summed E-state index contributed by atoms with van der Waals surface area (Å²) in [7, 11) is 0. The SMILES string of the molecule is CCN1CCOC(CNCCOCCCl)C1. The van der Waals surface area contributed by atoms with Gasteiger partial charge in [0.2, 0.25) is 0 Å². The minimum absolute atomic E-state index is 0.321. The first kappa shape index (κ1) is 14.2. The monoisotopic (exact) mass is 250 g/mol. The van der Waals surface area contributed by atoms with Crippen molar-refractivity contribution in [2.75, 3.05) is 58.4 Å². The fourth-order valence-corrected chi connectivity index (χ4v) is 1.86. The summed E-state index contributed by atoms with van der Waals surface area (Å²) in [6.45, 7) is 9.36. The zero-order chi connectivity index (χ0) is 11.6. The molecule has 0 amide bonds. The maximum absolute atomic E-state index is 5.67. The van der Waals surface area contributed by atoms with E-state index in [2.05, 4.69) is 17.1 Å². The molecule has 0 aromatic rings. The highest BCUT2D eigenvalue weighted by molar-refractivity contribution is 6.17. The number of morpholine rings is 1. The van der Waals surface area contributed by atoms with Crippen LogP contribution in [-0.4, -0.2) is 69.4 Å². The van der Waals surface area contributed by atoms with E-state index in [1.807, 2.05) is 0 Å². The minimum Gasteiger partial charge on any atom is -0.379 e. The van der Waals surface area contributed by atoms with Crippen molar-refractivity contribution in [3.63, 3.8) is 0 Å². The average Bonchev–Trinajstić information content (AvgIpc) is 2.34. The highest BCUT2D eigenvalue weighted by atomic mass is 35.5. The van der Waals surface area contributed by atoms with Gasteiger partial charge in [0.05, 0.1) is 25.9 Å². The van der Waals surface area contributed by atoms with Crippen LogP contribution in [0, 0.1) is 0 Å². The summed E-state index contributed by atoms with van der Waals surface area (Å²) in [5.41, 5.74) is 0. The van der Waals surface area contributed by atoms with E-state index >= 15 is 0 Å². The summed E-state index contributed by atoms with van der Waals surface area (Å²) in [5, 5.41) is 3.34. The van der Waals surface area contributed by atoms with Crippen molar-refractivity contribution in [3.8, 4) is 0 Å². The molecule has 0 aromatic carbocycles. The number of likely N-dealkylation sites (N-methyl/N-ethyl adjacent to an activating group) is 1. The molecule has 1 fully saturated rings. The first-order valence-corrected chi connectivity index (χ1v) is 6.58. The molecule has 0 aromatic heterocycles. The Kier molecular flexibility index (Phi) is 8.15. The molecule has 0 bridgehead atoms. The van der Waals surface area contributed by atoms with Crippen molar-refractivity contribution in [1.29, 1.82) is 0 Å². The van der Waals surface area contributed by atoms with Crippen LogP contribution < -0.4 is 5.32 Å². The number of alkyl halides is 1. The third kappa shape index (κ3) is 6.01. The van der Waals surface area contributed by atoms with Crippen LogP contribution in [0.5, 0.6) is 0 Å². The molecule has 1 heterocycles. The van der Waals surface area contributed by atoms with E-state index in [0.717, 1.165) is 45.9 Å². The van der Waals surface area contributed by atoms with E-state index in [1.54, 1.807) is 0 Å². The lowest BCUT2D eigenvalue weighted by atomic mass is 10.2. The van der Waals surface area contributed by atoms with E-state index in [-0.39, 0.29) is 0 Å². The van der Waals surface area contributed by atoms with E-state index in [1.165, 1.54) is 0 Å². The van der Waals surface area contributed by atoms with Crippen molar-refractivity contribution < 1.29 is 9.47 Å². The van der Waals surface area contributed by atoms with E-state index < -0.39 is 0 Å². The quantitative estimate of drug-likeness (QED) is 0.504. The molecule has 16 heavy (non-hydrogen) atoms. The molecule has 1 saturated heterocycles. The minimum atomic E-state index is 0.321. The van der Waals surface area contributed by atoms with Crippen LogP contribution in [0.3, 0.4) is 0 Å². The van der Waals surface area contributed by atoms with Gasteiger partial charge in [0.1, 0.15) is 0 Å². The Balaban J connectivity index is 1.95. The topological polar surface area (TPSA) is 33.7 Å². The predicted molar refractivity (Wildman–Crippen MR) is 66.3 cm³/mol. The van der Waals surface area contributed by atoms with Crippen molar-refractivity contribution in [3.05, 3.63) is 0 Å². The van der Waals surface area contributed by atoms with Crippen LogP contribution in [0.1, 0.15) is 6.92 Å². The fraction of sp³-hybridized carbons (Fsp3) is 1.00. The standard InChI is InChI=1S/C11H23ClN2O2/c1-2-14-5-8-16-11(10-14)9-13-4-7-15-6-3-12/h11,13H,2-10H2,1H3. The molecule has 1 aliphatic heterocycles. The van der Waals surface area contributed by atoms with Crippen molar-refractivity contribution >= 4 is 11.6 Å². The number of ether oxygens (including phenoxy) is 2. The summed E-state index contributed by atoms with van der Waals surface area (Å²) in [4.78, 5) is 2.42. The van der Waals surface area contributed by atoms with Crippen LogP contribution >= 0.6 is 11.6 Å². The molecule has 5 heteroatoms. The van der Waals surface area contributed by atoms with Crippen LogP contribution in [0.25, 0.3) is 0 Å². The van der Waals surface area contributed by atoms with E-state index in [0.29, 0.717) is 18.6 Å². The van der Waals surface area contributed by atoms with Gasteiger partial charge in [-0.2, -0.15) is 0 Å². The molecule has 1 rings (SSSR count). The van der Waals surface area contributed by atoms with Gasteiger partial charge in [-0.3, -0.25) is 4.90 Å². The molecule has 1 atom stereocenters. The maximum atomic E-state index is 5.67. The number of rotatable bonds is 8. The largest absolute Gasteiger partial charge is 0.379 e. The molecule has 0 spiro atoms. The molecule has 96 valence electrons. The molecular weight excluding hydrogens is 228 g/mol. The molecule has 1 aliphatic rings. The Hall–Kier alpha value is 0.130. The lowest BCUT2D eigenvalue weighted by molar-refractivity contribution is -0.0257. The van der Waals surface area contributed by atoms with Gasteiger partial charge in [-0.15, -0.1) is 11.6 Å². The van der Waals surface area contributed by atoms with Gasteiger partial charge >= 0.3 is 0 Å². The molecule has 0 saturated carbocycles. The normalized spacial score (nSPS) is 22.5. The average molecular weight is 251 g/mol. The Bertz CT molecular complexity index is 172. The van der Waals surface area contributed by atoms with Crippen LogP contribution in [0.2, 0.25) is 0 Å². The second-order valence-corrected chi connectivity index (χ2v) is 4.27. The van der Waals surface area contributed by atoms with E-state index in [9.17, 15) is 0 Å². The summed E-state index contributed by atoms with van der Waals surface area (Å²) < 4.78 is 10.9. The van der Waals surface area contributed by atoms with Gasteiger partial charge in [0.15, 0.2) is 0 Å². The smallest absolute Gasteiger partial charge is 0.0826 e. The summed E-state index contributed by atoms with van der Waals surface area (Å²) in [5.74, 6) is 0.567. The first-order chi connectivity index (χ1) is 7.86. The van der Waals surface area contributed by atoms with Crippen molar-refractivity contribution in [2.24, 2.45) is 0 Å². The highest BCUT2D eigenvalue weighted by Gasteiger charge is 2.18. The third-order valence-electron chi connectivity index (χ3n) is 2.69. The van der Waals surface area contributed by atoms with E-state index in [4.69, 9.17) is 21.1 Å². The van der Waals surface area contributed by atoms with Crippen molar-refractivity contribution in [2.45, 2.75) is 13.0 Å². The number of hydrogen-bond donors (Lipinski definition) is 1. The van der Waals surface area contributed by atoms with Gasteiger partial charge in [-0.05, 0) is 6.54 Å². The Morgan fingerprint density at radius 3 is 3.12 bits per heavy atom. The zero-order valence-electron chi connectivity index (χ0n) is 10.1. The molecule has 0 radical (unpaired) electrons. The summed E-state index contributed by atoms with van der Waals surface area (Å²) >= 11 is 5.50. The second kappa shape index (κ2) is 9.19. The Morgan fingerprint density at radius 2 is 2.38 bits per heavy atom. The first-order valence-electron chi connectivity index (χ1n) is 6.05. The summed E-state index contributed by atoms with van der Waals surface area (Å²) in [6, 6.07) is 0. The number of nitrogens with zero attached hydrogens (tertiary/aromatic N) is 1. The van der Waals surface area contributed by atoms with Crippen LogP contribution in [-0.2, 0) is 9.47 Å². The van der Waals surface area contributed by atoms with Crippen LogP contribution in [0.15, 0.2) is 0 Å². The number of hydrogen-bond acceptors (Lipinski definition) is 4. The zero-order valence-corrected chi connectivity index (χ0v) is 10.8. The van der Waals surface area contributed by atoms with Gasteiger partial charge in [0.25, 0.3) is 0 Å². The fourth-order valence-electron chi connectivity index (χ4n) is 1.76. The molecule has 4 nitrogen and oxygen atoms in total. The van der Waals surface area contributed by atoms with Gasteiger partial charge < -0.3 is 14.8 Å². The lowest BCUT2D eigenvalue weighted by Crippen LogP contribution is -2.46. The van der Waals surface area contributed by atoms with Gasteiger partial charge in [-0.25, -0.2) is 0 Å². The highest BCUT2D eigenvalue weighted by Crippen LogP contribution is 2.03. The molecule has 1 N–H and O–H groups in total. The summed E-state index contributed by atoms with van der Waals surface area (Å²) in [6.07, 6.45) is 0.321. The number of nitrogens with one attached hydrogen (secondary N) is 1. The van der Waals surface area contributed by atoms with Gasteiger partial charge in [0, 0.05) is 32.1 Å². The lowest BCUT2D eigenvalue weighted by Gasteiger charge is -2.32. The Morgan fingerprint density at radius 1 is 1.50 bits per heavy atom. The maximum Gasteiger partial charge on any atom is 0.0826 e. The predicted octanol–water partition coefficient (Wildman–Crippen LogP) is 0.552. The second-order valence-electron chi connectivity index (χ2n) is 3.89. The third-order valence-corrected chi connectivity index (χ3v) is 2.84. The van der Waals surface area contributed by atoms with Crippen LogP contribution in [0.4, 0.5) is 0 Å². The molecule has 0 aliphatic carbocycles. The Labute approximate surface area is 103 Å².